The fourth-order valence-corrected chi connectivity index (χ4v) is 1.91. The summed E-state index contributed by atoms with van der Waals surface area (Å²) < 4.78 is 40.9. The predicted molar refractivity (Wildman–Crippen MR) is 81.4 cm³/mol. The topological polar surface area (TPSA) is 74.5 Å². The summed E-state index contributed by atoms with van der Waals surface area (Å²) >= 11 is 0. The molecule has 0 atom stereocenters. The standard InChI is InChI=1S/C17H12F2N2O4/c18-12-6-4-11(5-7-12)17-20-15(21-25-17)9-24-16(22)10-23-14-3-1-2-13(19)8-14/h1-8H,9-10H2. The number of carbonyl (C=O) groups is 1. The maximum absolute atomic E-state index is 13.0. The number of carbonyl (C=O) groups excluding carboxylic acids is 1. The highest BCUT2D eigenvalue weighted by molar-refractivity contribution is 5.71. The van der Waals surface area contributed by atoms with Gasteiger partial charge in [-0.2, -0.15) is 4.98 Å². The van der Waals surface area contributed by atoms with Crippen LogP contribution in [0.1, 0.15) is 5.82 Å². The van der Waals surface area contributed by atoms with Crippen molar-refractivity contribution in [2.24, 2.45) is 0 Å². The Morgan fingerprint density at radius 2 is 1.88 bits per heavy atom. The monoisotopic (exact) mass is 346 g/mol. The van der Waals surface area contributed by atoms with Gasteiger partial charge in [-0.1, -0.05) is 11.2 Å². The summed E-state index contributed by atoms with van der Waals surface area (Å²) in [6, 6.07) is 10.9. The minimum atomic E-state index is -0.669. The number of halogens is 2. The normalized spacial score (nSPS) is 10.5. The van der Waals surface area contributed by atoms with Crippen molar-refractivity contribution in [3.8, 4) is 17.2 Å². The van der Waals surface area contributed by atoms with E-state index in [0.717, 1.165) is 6.07 Å². The Morgan fingerprint density at radius 3 is 2.64 bits per heavy atom. The van der Waals surface area contributed by atoms with Gasteiger partial charge < -0.3 is 14.0 Å². The highest BCUT2D eigenvalue weighted by atomic mass is 19.1. The summed E-state index contributed by atoms with van der Waals surface area (Å²) in [6.07, 6.45) is 0. The van der Waals surface area contributed by atoms with E-state index in [0.29, 0.717) is 5.56 Å². The number of ether oxygens (including phenoxy) is 2. The van der Waals surface area contributed by atoms with Gasteiger partial charge in [0.15, 0.2) is 13.2 Å². The minimum absolute atomic E-state index is 0.151. The number of esters is 1. The van der Waals surface area contributed by atoms with Crippen molar-refractivity contribution >= 4 is 5.97 Å². The van der Waals surface area contributed by atoms with Crippen LogP contribution in [0.3, 0.4) is 0 Å². The van der Waals surface area contributed by atoms with E-state index in [1.165, 1.54) is 42.5 Å². The summed E-state index contributed by atoms with van der Waals surface area (Å²) in [4.78, 5) is 15.7. The number of benzene rings is 2. The molecule has 0 saturated heterocycles. The highest BCUT2D eigenvalue weighted by Gasteiger charge is 2.12. The average molecular weight is 346 g/mol. The lowest BCUT2D eigenvalue weighted by Crippen LogP contribution is -2.15. The SMILES string of the molecule is O=C(COc1cccc(F)c1)OCc1noc(-c2ccc(F)cc2)n1. The van der Waals surface area contributed by atoms with Crippen LogP contribution < -0.4 is 4.74 Å². The highest BCUT2D eigenvalue weighted by Crippen LogP contribution is 2.17. The number of nitrogens with zero attached hydrogens (tertiary/aromatic N) is 2. The van der Waals surface area contributed by atoms with Crippen LogP contribution >= 0.6 is 0 Å². The van der Waals surface area contributed by atoms with Crippen molar-refractivity contribution in [3.05, 3.63) is 66.0 Å². The van der Waals surface area contributed by atoms with Crippen LogP contribution in [0.2, 0.25) is 0 Å². The van der Waals surface area contributed by atoms with E-state index < -0.39 is 11.8 Å². The molecule has 8 heteroatoms. The second-order valence-corrected chi connectivity index (χ2v) is 4.93. The lowest BCUT2D eigenvalue weighted by molar-refractivity contribution is -0.147. The largest absolute Gasteiger partial charge is 0.482 e. The molecule has 0 amide bonds. The quantitative estimate of drug-likeness (QED) is 0.639. The molecule has 0 bridgehead atoms. The van der Waals surface area contributed by atoms with Gasteiger partial charge in [0.2, 0.25) is 5.82 Å². The molecule has 0 aliphatic rings. The second-order valence-electron chi connectivity index (χ2n) is 4.93. The molecule has 0 spiro atoms. The van der Waals surface area contributed by atoms with Crippen LogP contribution in [0.15, 0.2) is 53.1 Å². The molecule has 0 saturated carbocycles. The molecule has 1 aromatic heterocycles. The van der Waals surface area contributed by atoms with Crippen molar-refractivity contribution in [2.75, 3.05) is 6.61 Å². The zero-order valence-corrected chi connectivity index (χ0v) is 12.8. The maximum atomic E-state index is 13.0. The number of hydrogen-bond donors (Lipinski definition) is 0. The molecule has 1 heterocycles. The van der Waals surface area contributed by atoms with E-state index in [2.05, 4.69) is 10.1 Å². The molecule has 2 aromatic carbocycles. The Bertz CT molecular complexity index is 865. The zero-order valence-electron chi connectivity index (χ0n) is 12.8. The Labute approximate surface area is 141 Å². The van der Waals surface area contributed by atoms with Gasteiger partial charge >= 0.3 is 5.97 Å². The van der Waals surface area contributed by atoms with E-state index in [4.69, 9.17) is 14.0 Å². The van der Waals surface area contributed by atoms with Gasteiger partial charge in [-0.15, -0.1) is 0 Å². The van der Waals surface area contributed by atoms with Crippen LogP contribution in [-0.4, -0.2) is 22.7 Å². The number of rotatable bonds is 6. The smallest absolute Gasteiger partial charge is 0.344 e. The third-order valence-electron chi connectivity index (χ3n) is 3.07. The molecular formula is C17H12F2N2O4. The molecule has 0 radical (unpaired) electrons. The molecule has 6 nitrogen and oxygen atoms in total. The molecule has 25 heavy (non-hydrogen) atoms. The molecule has 0 unspecified atom stereocenters. The molecular weight excluding hydrogens is 334 g/mol. The fraction of sp³-hybridized carbons (Fsp3) is 0.118. The Hall–Kier alpha value is -3.29. The summed E-state index contributed by atoms with van der Waals surface area (Å²) in [7, 11) is 0. The van der Waals surface area contributed by atoms with Crippen LogP contribution in [-0.2, 0) is 16.1 Å². The first-order valence-corrected chi connectivity index (χ1v) is 7.23. The van der Waals surface area contributed by atoms with Crippen LogP contribution in [0.4, 0.5) is 8.78 Å². The van der Waals surface area contributed by atoms with E-state index in [1.54, 1.807) is 0 Å². The second kappa shape index (κ2) is 7.52. The van der Waals surface area contributed by atoms with Gasteiger partial charge in [-0.05, 0) is 36.4 Å². The van der Waals surface area contributed by atoms with Gasteiger partial charge in [0.1, 0.15) is 17.4 Å². The lowest BCUT2D eigenvalue weighted by atomic mass is 10.2. The van der Waals surface area contributed by atoms with Gasteiger partial charge in [0.25, 0.3) is 5.89 Å². The third-order valence-corrected chi connectivity index (χ3v) is 3.07. The van der Waals surface area contributed by atoms with Crippen molar-refractivity contribution in [2.45, 2.75) is 6.61 Å². The Balaban J connectivity index is 1.50. The lowest BCUT2D eigenvalue weighted by Gasteiger charge is -2.05. The average Bonchev–Trinajstić information content (AvgIpc) is 3.08. The molecule has 0 fully saturated rings. The van der Waals surface area contributed by atoms with Crippen molar-refractivity contribution in [1.82, 2.24) is 10.1 Å². The summed E-state index contributed by atoms with van der Waals surface area (Å²) in [5.41, 5.74) is 0.543. The molecule has 128 valence electrons. The van der Waals surface area contributed by atoms with Crippen LogP contribution in [0, 0.1) is 11.6 Å². The summed E-state index contributed by atoms with van der Waals surface area (Å²) in [6.45, 7) is -0.595. The van der Waals surface area contributed by atoms with Gasteiger partial charge in [0, 0.05) is 11.6 Å². The maximum Gasteiger partial charge on any atom is 0.344 e. The number of aromatic nitrogens is 2. The van der Waals surface area contributed by atoms with Gasteiger partial charge in [-0.25, -0.2) is 13.6 Å². The zero-order chi connectivity index (χ0) is 17.6. The van der Waals surface area contributed by atoms with Gasteiger partial charge in [0.05, 0.1) is 0 Å². The van der Waals surface area contributed by atoms with Crippen molar-refractivity contribution < 1.29 is 27.6 Å². The minimum Gasteiger partial charge on any atom is -0.482 e. The van der Waals surface area contributed by atoms with E-state index >= 15 is 0 Å². The van der Waals surface area contributed by atoms with Crippen molar-refractivity contribution in [1.29, 1.82) is 0 Å². The van der Waals surface area contributed by atoms with Crippen LogP contribution in [0.5, 0.6) is 5.75 Å². The van der Waals surface area contributed by atoms with E-state index in [-0.39, 0.29) is 36.5 Å². The van der Waals surface area contributed by atoms with Gasteiger partial charge in [-0.3, -0.25) is 0 Å². The summed E-state index contributed by atoms with van der Waals surface area (Å²) in [5, 5.41) is 3.67. The third kappa shape index (κ3) is 4.60. The Kier molecular flexibility index (Phi) is 4.98. The first-order chi connectivity index (χ1) is 12.1. The molecule has 0 aliphatic heterocycles. The molecule has 3 rings (SSSR count). The first kappa shape index (κ1) is 16.6. The Morgan fingerprint density at radius 1 is 1.08 bits per heavy atom. The van der Waals surface area contributed by atoms with Crippen molar-refractivity contribution in [3.63, 3.8) is 0 Å². The van der Waals surface area contributed by atoms with Crippen LogP contribution in [0.25, 0.3) is 11.5 Å². The number of hydrogen-bond acceptors (Lipinski definition) is 6. The summed E-state index contributed by atoms with van der Waals surface area (Å²) in [5.74, 6) is -0.963. The predicted octanol–water partition coefficient (Wildman–Crippen LogP) is 3.14. The fourth-order valence-electron chi connectivity index (χ4n) is 1.91. The van der Waals surface area contributed by atoms with E-state index in [9.17, 15) is 13.6 Å². The first-order valence-electron chi connectivity index (χ1n) is 7.23. The molecule has 3 aromatic rings. The van der Waals surface area contributed by atoms with E-state index in [1.807, 2.05) is 0 Å². The molecule has 0 aliphatic carbocycles. The molecule has 0 N–H and O–H groups in total.